The van der Waals surface area contributed by atoms with Crippen molar-refractivity contribution in [2.45, 2.75) is 19.9 Å². The molecule has 0 saturated carbocycles. The van der Waals surface area contributed by atoms with E-state index in [1.165, 1.54) is 0 Å². The van der Waals surface area contributed by atoms with Crippen LogP contribution in [0.4, 0.5) is 0 Å². The molecule has 0 unspecified atom stereocenters. The summed E-state index contributed by atoms with van der Waals surface area (Å²) in [7, 11) is 0. The summed E-state index contributed by atoms with van der Waals surface area (Å²) in [6, 6.07) is 9.20. The molecule has 0 aliphatic rings. The lowest BCUT2D eigenvalue weighted by atomic mass is 10.0. The molecule has 1 aromatic rings. The van der Waals surface area contributed by atoms with Gasteiger partial charge in [0.1, 0.15) is 6.04 Å². The molecular formula is C14H18BrN3O. The quantitative estimate of drug-likeness (QED) is 0.874. The molecule has 2 N–H and O–H groups in total. The number of nitrogens with zero attached hydrogens (tertiary/aromatic N) is 2. The van der Waals surface area contributed by atoms with Crippen LogP contribution in [0.1, 0.15) is 25.5 Å². The molecule has 0 aromatic heterocycles. The van der Waals surface area contributed by atoms with E-state index < -0.39 is 11.9 Å². The first-order valence-electron chi connectivity index (χ1n) is 6.18. The highest BCUT2D eigenvalue weighted by atomic mass is 79.9. The Balaban J connectivity index is 3.01. The molecule has 0 bridgehead atoms. The molecule has 1 rings (SSSR count). The van der Waals surface area contributed by atoms with E-state index in [9.17, 15) is 4.79 Å². The van der Waals surface area contributed by atoms with E-state index in [0.29, 0.717) is 13.1 Å². The predicted octanol–water partition coefficient (Wildman–Crippen LogP) is 2.46. The molecule has 5 heteroatoms. The smallest absolute Gasteiger partial charge is 0.239 e. The van der Waals surface area contributed by atoms with Crippen LogP contribution in [0.3, 0.4) is 0 Å². The van der Waals surface area contributed by atoms with Crippen molar-refractivity contribution in [3.63, 3.8) is 0 Å². The van der Waals surface area contributed by atoms with Gasteiger partial charge in [-0.2, -0.15) is 5.26 Å². The molecule has 0 aliphatic heterocycles. The fourth-order valence-electron chi connectivity index (χ4n) is 2.01. The summed E-state index contributed by atoms with van der Waals surface area (Å²) >= 11 is 3.36. The number of likely N-dealkylation sites (N-methyl/N-ethyl adjacent to an activating group) is 1. The minimum absolute atomic E-state index is 0.141. The Kier molecular flexibility index (Phi) is 6.00. The van der Waals surface area contributed by atoms with Crippen LogP contribution in [0.15, 0.2) is 28.7 Å². The van der Waals surface area contributed by atoms with Gasteiger partial charge in [-0.25, -0.2) is 0 Å². The number of nitriles is 1. The molecule has 0 heterocycles. The number of nitrogens with two attached hydrogens (primary N) is 1. The number of hydrogen-bond acceptors (Lipinski definition) is 3. The minimum atomic E-state index is -0.492. The number of benzene rings is 1. The first kappa shape index (κ1) is 15.7. The highest BCUT2D eigenvalue weighted by Gasteiger charge is 2.25. The van der Waals surface area contributed by atoms with Crippen LogP contribution in [-0.2, 0) is 4.79 Å². The largest absolute Gasteiger partial charge is 0.368 e. The van der Waals surface area contributed by atoms with Gasteiger partial charge in [0, 0.05) is 11.0 Å². The fraction of sp³-hybridized carbons (Fsp3) is 0.429. The van der Waals surface area contributed by atoms with Gasteiger partial charge in [-0.1, -0.05) is 35.0 Å². The van der Waals surface area contributed by atoms with E-state index in [1.54, 1.807) is 0 Å². The van der Waals surface area contributed by atoms with Crippen LogP contribution < -0.4 is 5.73 Å². The second kappa shape index (κ2) is 7.27. The van der Waals surface area contributed by atoms with Crippen molar-refractivity contribution in [1.29, 1.82) is 5.26 Å². The second-order valence-electron chi connectivity index (χ2n) is 4.47. The van der Waals surface area contributed by atoms with Crippen LogP contribution in [-0.4, -0.2) is 23.9 Å². The monoisotopic (exact) mass is 323 g/mol. The predicted molar refractivity (Wildman–Crippen MR) is 78.1 cm³/mol. The molecule has 2 atom stereocenters. The molecule has 1 aromatic carbocycles. The van der Waals surface area contributed by atoms with Crippen molar-refractivity contribution < 1.29 is 4.79 Å². The lowest BCUT2D eigenvalue weighted by Crippen LogP contribution is -2.39. The van der Waals surface area contributed by atoms with E-state index in [0.717, 1.165) is 10.0 Å². The van der Waals surface area contributed by atoms with Crippen LogP contribution in [0, 0.1) is 17.2 Å². The van der Waals surface area contributed by atoms with Crippen molar-refractivity contribution in [3.05, 3.63) is 34.3 Å². The maximum Gasteiger partial charge on any atom is 0.239 e. The van der Waals surface area contributed by atoms with Gasteiger partial charge in [-0.05, 0) is 31.2 Å². The van der Waals surface area contributed by atoms with Crippen LogP contribution in [0.5, 0.6) is 0 Å². The standard InChI is InChI=1S/C14H18BrN3O/c1-3-18(9-10(2)8-16)13(14(17)19)11-4-6-12(15)7-5-11/h4-7,10,13H,3,9H2,1-2H3,(H2,17,19)/t10-,13-/m1/s1. The maximum atomic E-state index is 11.7. The van der Waals surface area contributed by atoms with Crippen molar-refractivity contribution in [3.8, 4) is 6.07 Å². The number of carbonyl (C=O) groups excluding carboxylic acids is 1. The summed E-state index contributed by atoms with van der Waals surface area (Å²) in [4.78, 5) is 13.7. The molecule has 0 saturated heterocycles. The summed E-state index contributed by atoms with van der Waals surface area (Å²) in [5, 5.41) is 8.91. The Labute approximate surface area is 122 Å². The van der Waals surface area contributed by atoms with Gasteiger partial charge < -0.3 is 5.73 Å². The van der Waals surface area contributed by atoms with E-state index in [1.807, 2.05) is 43.0 Å². The number of amides is 1. The van der Waals surface area contributed by atoms with Crippen LogP contribution >= 0.6 is 15.9 Å². The first-order valence-corrected chi connectivity index (χ1v) is 6.97. The van der Waals surface area contributed by atoms with E-state index in [4.69, 9.17) is 11.0 Å². The van der Waals surface area contributed by atoms with Crippen LogP contribution in [0.25, 0.3) is 0 Å². The highest BCUT2D eigenvalue weighted by molar-refractivity contribution is 9.10. The van der Waals surface area contributed by atoms with Gasteiger partial charge in [0.15, 0.2) is 0 Å². The van der Waals surface area contributed by atoms with E-state index in [2.05, 4.69) is 22.0 Å². The summed E-state index contributed by atoms with van der Waals surface area (Å²) in [5.41, 5.74) is 6.37. The van der Waals surface area contributed by atoms with Gasteiger partial charge >= 0.3 is 0 Å². The normalized spacial score (nSPS) is 13.8. The Morgan fingerprint density at radius 2 is 2.05 bits per heavy atom. The van der Waals surface area contributed by atoms with Crippen molar-refractivity contribution in [2.24, 2.45) is 11.7 Å². The average molecular weight is 324 g/mol. The Morgan fingerprint density at radius 1 is 1.47 bits per heavy atom. The summed E-state index contributed by atoms with van der Waals surface area (Å²) < 4.78 is 0.952. The van der Waals surface area contributed by atoms with Crippen LogP contribution in [0.2, 0.25) is 0 Å². The van der Waals surface area contributed by atoms with Crippen molar-refractivity contribution in [1.82, 2.24) is 4.90 Å². The Bertz CT molecular complexity index is 467. The summed E-state index contributed by atoms with van der Waals surface area (Å²) in [5.74, 6) is -0.536. The number of halogens is 1. The number of carbonyl (C=O) groups is 1. The molecule has 0 radical (unpaired) electrons. The Hall–Kier alpha value is -1.38. The topological polar surface area (TPSA) is 70.1 Å². The third kappa shape index (κ3) is 4.34. The van der Waals surface area contributed by atoms with Gasteiger partial charge in [0.2, 0.25) is 5.91 Å². The molecule has 0 spiro atoms. The first-order chi connectivity index (χ1) is 8.99. The zero-order valence-electron chi connectivity index (χ0n) is 11.1. The van der Waals surface area contributed by atoms with E-state index in [-0.39, 0.29) is 5.92 Å². The molecule has 0 fully saturated rings. The number of hydrogen-bond donors (Lipinski definition) is 1. The van der Waals surface area contributed by atoms with Gasteiger partial charge in [0.25, 0.3) is 0 Å². The van der Waals surface area contributed by atoms with Gasteiger partial charge in [-0.15, -0.1) is 0 Å². The average Bonchev–Trinajstić information content (AvgIpc) is 2.39. The fourth-order valence-corrected chi connectivity index (χ4v) is 2.27. The highest BCUT2D eigenvalue weighted by Crippen LogP contribution is 2.23. The lowest BCUT2D eigenvalue weighted by molar-refractivity contribution is -0.123. The lowest BCUT2D eigenvalue weighted by Gasteiger charge is -2.29. The van der Waals surface area contributed by atoms with Crippen molar-refractivity contribution >= 4 is 21.8 Å². The third-order valence-corrected chi connectivity index (χ3v) is 3.48. The molecule has 102 valence electrons. The number of rotatable bonds is 6. The molecular weight excluding hydrogens is 306 g/mol. The second-order valence-corrected chi connectivity index (χ2v) is 5.39. The zero-order valence-corrected chi connectivity index (χ0v) is 12.7. The Morgan fingerprint density at radius 3 is 2.47 bits per heavy atom. The molecule has 4 nitrogen and oxygen atoms in total. The van der Waals surface area contributed by atoms with E-state index >= 15 is 0 Å². The van der Waals surface area contributed by atoms with Gasteiger partial charge in [-0.3, -0.25) is 9.69 Å². The molecule has 19 heavy (non-hydrogen) atoms. The summed E-state index contributed by atoms with van der Waals surface area (Å²) in [6.07, 6.45) is 0. The summed E-state index contributed by atoms with van der Waals surface area (Å²) in [6.45, 7) is 4.98. The van der Waals surface area contributed by atoms with Gasteiger partial charge in [0.05, 0.1) is 12.0 Å². The zero-order chi connectivity index (χ0) is 14.4. The maximum absolute atomic E-state index is 11.7. The van der Waals surface area contributed by atoms with Crippen molar-refractivity contribution in [2.75, 3.05) is 13.1 Å². The number of primary amides is 1. The SMILES string of the molecule is CCN(C[C@H](C)C#N)[C@@H](C(N)=O)c1ccc(Br)cc1. The minimum Gasteiger partial charge on any atom is -0.368 e. The third-order valence-electron chi connectivity index (χ3n) is 2.96. The molecule has 0 aliphatic carbocycles. The molecule has 1 amide bonds.